The third kappa shape index (κ3) is 5.81. The lowest BCUT2D eigenvalue weighted by Crippen LogP contribution is -2.54. The van der Waals surface area contributed by atoms with E-state index >= 15 is 0 Å². The second kappa shape index (κ2) is 9.55. The maximum atomic E-state index is 13.1. The first-order chi connectivity index (χ1) is 13.1. The highest BCUT2D eigenvalue weighted by atomic mass is 16.2. The molecule has 1 fully saturated rings. The highest BCUT2D eigenvalue weighted by Gasteiger charge is 2.31. The molecule has 0 radical (unpaired) electrons. The van der Waals surface area contributed by atoms with E-state index in [4.69, 9.17) is 0 Å². The van der Waals surface area contributed by atoms with E-state index in [1.165, 1.54) is 5.56 Å². The Morgan fingerprint density at radius 1 is 1.18 bits per heavy atom. The summed E-state index contributed by atoms with van der Waals surface area (Å²) < 4.78 is 0. The number of nitrogens with zero attached hydrogens (tertiary/aromatic N) is 1. The van der Waals surface area contributed by atoms with Gasteiger partial charge in [-0.15, -0.1) is 0 Å². The fraction of sp³-hybridized carbons (Fsp3) is 0.652. The first kappa shape index (κ1) is 22.4. The topological polar surface area (TPSA) is 61.4 Å². The van der Waals surface area contributed by atoms with Crippen LogP contribution in [0.25, 0.3) is 0 Å². The van der Waals surface area contributed by atoms with Gasteiger partial charge in [0, 0.05) is 18.7 Å². The lowest BCUT2D eigenvalue weighted by Gasteiger charge is -2.36. The quantitative estimate of drug-likeness (QED) is 0.788. The molecule has 28 heavy (non-hydrogen) atoms. The maximum absolute atomic E-state index is 13.1. The summed E-state index contributed by atoms with van der Waals surface area (Å²) in [6.45, 7) is 12.9. The number of nitrogens with one attached hydrogen (secondary N) is 2. The predicted molar refractivity (Wildman–Crippen MR) is 114 cm³/mol. The van der Waals surface area contributed by atoms with Gasteiger partial charge in [-0.05, 0) is 61.4 Å². The molecule has 1 aliphatic rings. The van der Waals surface area contributed by atoms with Crippen molar-refractivity contribution >= 4 is 11.8 Å². The van der Waals surface area contributed by atoms with E-state index in [1.54, 1.807) is 0 Å². The van der Waals surface area contributed by atoms with Crippen LogP contribution in [-0.4, -0.2) is 49.4 Å². The van der Waals surface area contributed by atoms with Gasteiger partial charge in [0.2, 0.25) is 5.91 Å². The summed E-state index contributed by atoms with van der Waals surface area (Å²) in [4.78, 5) is 27.8. The molecule has 1 heterocycles. The first-order valence-electron chi connectivity index (χ1n) is 10.5. The molecular formula is C23H37N3O2. The van der Waals surface area contributed by atoms with Crippen molar-refractivity contribution in [3.63, 3.8) is 0 Å². The van der Waals surface area contributed by atoms with Gasteiger partial charge in [-0.2, -0.15) is 0 Å². The minimum absolute atomic E-state index is 0.0370. The van der Waals surface area contributed by atoms with Crippen LogP contribution in [0, 0.1) is 11.8 Å². The molecule has 0 saturated carbocycles. The second-order valence-corrected chi connectivity index (χ2v) is 9.37. The number of hydrogen-bond donors (Lipinski definition) is 2. The van der Waals surface area contributed by atoms with Crippen molar-refractivity contribution in [1.82, 2.24) is 15.5 Å². The number of carbonyl (C=O) groups excluding carboxylic acids is 2. The van der Waals surface area contributed by atoms with Gasteiger partial charge in [0.05, 0.1) is 0 Å². The number of rotatable bonds is 6. The summed E-state index contributed by atoms with van der Waals surface area (Å²) in [6, 6.07) is 7.19. The average molecular weight is 388 g/mol. The molecule has 2 atom stereocenters. The Kier molecular flexibility index (Phi) is 7.64. The van der Waals surface area contributed by atoms with Crippen LogP contribution in [0.4, 0.5) is 0 Å². The summed E-state index contributed by atoms with van der Waals surface area (Å²) in [6.07, 6.45) is 2.16. The van der Waals surface area contributed by atoms with Gasteiger partial charge in [0.25, 0.3) is 5.91 Å². The van der Waals surface area contributed by atoms with E-state index in [0.29, 0.717) is 11.5 Å². The van der Waals surface area contributed by atoms with Crippen LogP contribution >= 0.6 is 0 Å². The van der Waals surface area contributed by atoms with Gasteiger partial charge in [0.1, 0.15) is 6.04 Å². The van der Waals surface area contributed by atoms with Crippen molar-refractivity contribution in [3.8, 4) is 0 Å². The molecule has 0 aromatic heterocycles. The number of amides is 2. The van der Waals surface area contributed by atoms with Crippen LogP contribution in [0.1, 0.15) is 63.4 Å². The van der Waals surface area contributed by atoms with E-state index in [2.05, 4.69) is 31.4 Å². The Morgan fingerprint density at radius 2 is 1.82 bits per heavy atom. The van der Waals surface area contributed by atoms with Crippen LogP contribution in [0.15, 0.2) is 24.3 Å². The van der Waals surface area contributed by atoms with Gasteiger partial charge < -0.3 is 15.5 Å². The van der Waals surface area contributed by atoms with Crippen LogP contribution in [0.3, 0.4) is 0 Å². The monoisotopic (exact) mass is 387 g/mol. The van der Waals surface area contributed by atoms with Crippen molar-refractivity contribution in [1.29, 1.82) is 0 Å². The maximum Gasteiger partial charge on any atom is 0.251 e. The highest BCUT2D eigenvalue weighted by Crippen LogP contribution is 2.22. The summed E-state index contributed by atoms with van der Waals surface area (Å²) in [5.74, 6) is 0.373. The van der Waals surface area contributed by atoms with Gasteiger partial charge in [-0.1, -0.05) is 46.8 Å². The summed E-state index contributed by atoms with van der Waals surface area (Å²) in [5.41, 5.74) is 1.83. The molecule has 1 aliphatic heterocycles. The summed E-state index contributed by atoms with van der Waals surface area (Å²) in [5, 5.41) is 6.20. The van der Waals surface area contributed by atoms with Crippen molar-refractivity contribution in [2.45, 2.75) is 58.9 Å². The molecule has 0 aliphatic carbocycles. The SMILES string of the molecule is CNCC1CCCN(C(=O)C(NC(=O)c2ccc(C(C)(C)C)cc2)C(C)C)C1. The first-order valence-corrected chi connectivity index (χ1v) is 10.5. The van der Waals surface area contributed by atoms with Crippen molar-refractivity contribution < 1.29 is 9.59 Å². The molecule has 156 valence electrons. The van der Waals surface area contributed by atoms with Gasteiger partial charge in [-0.3, -0.25) is 9.59 Å². The van der Waals surface area contributed by atoms with Crippen LogP contribution in [-0.2, 0) is 10.2 Å². The molecule has 2 amide bonds. The zero-order valence-corrected chi connectivity index (χ0v) is 18.3. The molecule has 2 rings (SSSR count). The van der Waals surface area contributed by atoms with Crippen molar-refractivity contribution in [2.75, 3.05) is 26.7 Å². The molecule has 2 N–H and O–H groups in total. The molecule has 1 aromatic rings. The number of likely N-dealkylation sites (tertiary alicyclic amines) is 1. The standard InChI is InChI=1S/C23H37N3O2/c1-16(2)20(22(28)26-13-7-8-17(15-26)14-24-6)25-21(27)18-9-11-19(12-10-18)23(3,4)5/h9-12,16-17,20,24H,7-8,13-15H2,1-6H3,(H,25,27). The minimum atomic E-state index is -0.497. The van der Waals surface area contributed by atoms with E-state index in [-0.39, 0.29) is 23.1 Å². The zero-order valence-electron chi connectivity index (χ0n) is 18.3. The van der Waals surface area contributed by atoms with Crippen LogP contribution < -0.4 is 10.6 Å². The van der Waals surface area contributed by atoms with Gasteiger partial charge >= 0.3 is 0 Å². The fourth-order valence-electron chi connectivity index (χ4n) is 3.78. The number of benzene rings is 1. The van der Waals surface area contributed by atoms with E-state index < -0.39 is 6.04 Å². The molecule has 1 saturated heterocycles. The molecule has 2 unspecified atom stereocenters. The Labute approximate surface area is 170 Å². The summed E-state index contributed by atoms with van der Waals surface area (Å²) >= 11 is 0. The third-order valence-electron chi connectivity index (χ3n) is 5.56. The average Bonchev–Trinajstić information content (AvgIpc) is 2.65. The van der Waals surface area contributed by atoms with E-state index in [1.807, 2.05) is 50.1 Å². The summed E-state index contributed by atoms with van der Waals surface area (Å²) in [7, 11) is 1.95. The number of hydrogen-bond acceptors (Lipinski definition) is 3. The molecule has 5 heteroatoms. The van der Waals surface area contributed by atoms with Gasteiger partial charge in [0.15, 0.2) is 0 Å². The van der Waals surface area contributed by atoms with Crippen LogP contribution in [0.2, 0.25) is 0 Å². The lowest BCUT2D eigenvalue weighted by atomic mass is 9.86. The Bertz CT molecular complexity index is 659. The van der Waals surface area contributed by atoms with Gasteiger partial charge in [-0.25, -0.2) is 0 Å². The minimum Gasteiger partial charge on any atom is -0.341 e. The fourth-order valence-corrected chi connectivity index (χ4v) is 3.78. The molecular weight excluding hydrogens is 350 g/mol. The van der Waals surface area contributed by atoms with E-state index in [0.717, 1.165) is 32.5 Å². The highest BCUT2D eigenvalue weighted by molar-refractivity contribution is 5.97. The predicted octanol–water partition coefficient (Wildman–Crippen LogP) is 3.20. The number of carbonyl (C=O) groups is 2. The molecule has 0 spiro atoms. The third-order valence-corrected chi connectivity index (χ3v) is 5.56. The largest absolute Gasteiger partial charge is 0.341 e. The smallest absolute Gasteiger partial charge is 0.251 e. The number of piperidine rings is 1. The normalized spacial score (nSPS) is 18.8. The molecule has 1 aromatic carbocycles. The Balaban J connectivity index is 2.07. The van der Waals surface area contributed by atoms with E-state index in [9.17, 15) is 9.59 Å². The Morgan fingerprint density at radius 3 is 2.36 bits per heavy atom. The zero-order chi connectivity index (χ0) is 20.9. The molecule has 5 nitrogen and oxygen atoms in total. The van der Waals surface area contributed by atoms with Crippen molar-refractivity contribution in [2.24, 2.45) is 11.8 Å². The second-order valence-electron chi connectivity index (χ2n) is 9.37. The molecule has 0 bridgehead atoms. The Hall–Kier alpha value is -1.88. The lowest BCUT2D eigenvalue weighted by molar-refractivity contribution is -0.136. The van der Waals surface area contributed by atoms with Crippen LogP contribution in [0.5, 0.6) is 0 Å². The van der Waals surface area contributed by atoms with Crippen molar-refractivity contribution in [3.05, 3.63) is 35.4 Å².